The summed E-state index contributed by atoms with van der Waals surface area (Å²) in [5, 5.41) is 0.0652. The van der Waals surface area contributed by atoms with Gasteiger partial charge < -0.3 is 19.1 Å². The van der Waals surface area contributed by atoms with Crippen LogP contribution >= 0.6 is 0 Å². The van der Waals surface area contributed by atoms with Gasteiger partial charge in [0.05, 0.1) is 22.6 Å². The summed E-state index contributed by atoms with van der Waals surface area (Å²) in [6.07, 6.45) is 1.46. The number of pyridine rings is 1. The van der Waals surface area contributed by atoms with Crippen molar-refractivity contribution in [3.05, 3.63) is 63.9 Å². The second-order valence-electron chi connectivity index (χ2n) is 8.72. The third-order valence-electron chi connectivity index (χ3n) is 6.39. The number of carbonyl (C=O) groups excluding carboxylic acids is 1. The van der Waals surface area contributed by atoms with Gasteiger partial charge in [-0.15, -0.1) is 0 Å². The van der Waals surface area contributed by atoms with E-state index < -0.39 is 23.0 Å². The fourth-order valence-electron chi connectivity index (χ4n) is 4.45. The van der Waals surface area contributed by atoms with Crippen LogP contribution in [0.5, 0.6) is 5.75 Å². The number of nitrogens with one attached hydrogen (secondary N) is 2. The highest BCUT2D eigenvalue weighted by Crippen LogP contribution is 2.42. The largest absolute Gasteiger partial charge is 0.487 e. The summed E-state index contributed by atoms with van der Waals surface area (Å²) in [7, 11) is 2.02. The maximum Gasteiger partial charge on any atom is 0.275 e. The Balaban J connectivity index is 1.57. The highest BCUT2D eigenvalue weighted by Gasteiger charge is 2.31. The standard InChI is InChI=1S/C24H25F2N5O3/c1-14-13-34-23-20-15(11-18(26)21(23)30-9-7-29(2)8-10-30)22(32)16(12-31(14)20)24(33)28-27-19-6-4-3-5-17(19)25/h3-6,11-12,14,27H,7-10,13H2,1-2H3,(H,28,33). The lowest BCUT2D eigenvalue weighted by Gasteiger charge is -2.37. The monoisotopic (exact) mass is 469 g/mol. The van der Waals surface area contributed by atoms with Crippen molar-refractivity contribution in [2.75, 3.05) is 50.2 Å². The first-order valence-electron chi connectivity index (χ1n) is 11.1. The zero-order chi connectivity index (χ0) is 24.0. The minimum atomic E-state index is -0.748. The van der Waals surface area contributed by atoms with Crippen LogP contribution in [0.2, 0.25) is 0 Å². The molecule has 0 saturated carbocycles. The average Bonchev–Trinajstić information content (AvgIpc) is 2.82. The summed E-state index contributed by atoms with van der Waals surface area (Å²) in [6, 6.07) is 6.83. The molecule has 2 N–H and O–H groups in total. The number of hydrogen-bond acceptors (Lipinski definition) is 6. The second-order valence-corrected chi connectivity index (χ2v) is 8.72. The van der Waals surface area contributed by atoms with Crippen LogP contribution in [0, 0.1) is 11.6 Å². The maximum absolute atomic E-state index is 15.4. The molecule has 178 valence electrons. The van der Waals surface area contributed by atoms with Crippen molar-refractivity contribution in [3.63, 3.8) is 0 Å². The predicted molar refractivity (Wildman–Crippen MR) is 126 cm³/mol. The number of nitrogens with zero attached hydrogens (tertiary/aromatic N) is 3. The smallest absolute Gasteiger partial charge is 0.275 e. The maximum atomic E-state index is 15.4. The van der Waals surface area contributed by atoms with Gasteiger partial charge in [0.1, 0.15) is 23.7 Å². The number of para-hydroxylation sites is 1. The number of amides is 1. The molecule has 2 aliphatic heterocycles. The lowest BCUT2D eigenvalue weighted by molar-refractivity contribution is 0.0960. The zero-order valence-electron chi connectivity index (χ0n) is 18.9. The molecular formula is C24H25F2N5O3. The highest BCUT2D eigenvalue weighted by atomic mass is 19.1. The van der Waals surface area contributed by atoms with E-state index in [1.165, 1.54) is 30.5 Å². The summed E-state index contributed by atoms with van der Waals surface area (Å²) < 4.78 is 37.0. The number of likely N-dealkylation sites (N-methyl/N-ethyl adjacent to an activating group) is 1. The fourth-order valence-corrected chi connectivity index (χ4v) is 4.45. The van der Waals surface area contributed by atoms with Gasteiger partial charge in [0.15, 0.2) is 11.6 Å². The van der Waals surface area contributed by atoms with E-state index in [0.29, 0.717) is 30.0 Å². The predicted octanol–water partition coefficient (Wildman–Crippen LogP) is 2.74. The van der Waals surface area contributed by atoms with Gasteiger partial charge in [0.25, 0.3) is 5.91 Å². The molecule has 1 amide bonds. The molecule has 1 fully saturated rings. The van der Waals surface area contributed by atoms with Gasteiger partial charge in [-0.3, -0.25) is 20.4 Å². The van der Waals surface area contributed by atoms with Crippen LogP contribution in [0.4, 0.5) is 20.2 Å². The second kappa shape index (κ2) is 8.60. The number of aromatic nitrogens is 1. The van der Waals surface area contributed by atoms with Crippen LogP contribution in [0.1, 0.15) is 23.3 Å². The van der Waals surface area contributed by atoms with Crippen molar-refractivity contribution < 1.29 is 18.3 Å². The Morgan fingerprint density at radius 1 is 1.12 bits per heavy atom. The first-order valence-corrected chi connectivity index (χ1v) is 11.1. The minimum Gasteiger partial charge on any atom is -0.487 e. The molecule has 8 nitrogen and oxygen atoms in total. The zero-order valence-corrected chi connectivity index (χ0v) is 18.9. The number of hydrogen-bond donors (Lipinski definition) is 2. The number of halogens is 2. The van der Waals surface area contributed by atoms with E-state index in [9.17, 15) is 14.0 Å². The van der Waals surface area contributed by atoms with E-state index in [-0.39, 0.29) is 29.3 Å². The van der Waals surface area contributed by atoms with Gasteiger partial charge in [0, 0.05) is 32.4 Å². The Bertz CT molecular complexity index is 1330. The molecular weight excluding hydrogens is 444 g/mol. The lowest BCUT2D eigenvalue weighted by Crippen LogP contribution is -2.45. The number of hydrazine groups is 1. The number of anilines is 2. The molecule has 1 unspecified atom stereocenters. The molecule has 0 radical (unpaired) electrons. The quantitative estimate of drug-likeness (QED) is 0.573. The normalized spacial score (nSPS) is 18.0. The van der Waals surface area contributed by atoms with Crippen molar-refractivity contribution >= 4 is 28.2 Å². The van der Waals surface area contributed by atoms with Gasteiger partial charge in [-0.2, -0.15) is 0 Å². The van der Waals surface area contributed by atoms with Crippen molar-refractivity contribution in [2.45, 2.75) is 13.0 Å². The Hall–Kier alpha value is -3.66. The number of carbonyl (C=O) groups is 1. The van der Waals surface area contributed by atoms with E-state index in [1.54, 1.807) is 10.6 Å². The first kappa shape index (κ1) is 22.1. The molecule has 0 bridgehead atoms. The molecule has 2 aliphatic rings. The molecule has 0 aliphatic carbocycles. The average molecular weight is 469 g/mol. The SMILES string of the molecule is CC1COc2c(N3CCN(C)CC3)c(F)cc3c(=O)c(C(=O)NNc4ccccc4F)cn1c23. The molecule has 34 heavy (non-hydrogen) atoms. The van der Waals surface area contributed by atoms with Gasteiger partial charge in [0.2, 0.25) is 5.43 Å². The number of piperazine rings is 1. The van der Waals surface area contributed by atoms with E-state index in [0.717, 1.165) is 13.1 Å². The van der Waals surface area contributed by atoms with Crippen LogP contribution in [-0.2, 0) is 0 Å². The summed E-state index contributed by atoms with van der Waals surface area (Å²) in [5.74, 6) is -1.54. The third-order valence-corrected chi connectivity index (χ3v) is 6.39. The Morgan fingerprint density at radius 2 is 1.85 bits per heavy atom. The van der Waals surface area contributed by atoms with Gasteiger partial charge in [-0.25, -0.2) is 8.78 Å². The van der Waals surface area contributed by atoms with E-state index in [2.05, 4.69) is 15.8 Å². The van der Waals surface area contributed by atoms with Crippen LogP contribution in [0.3, 0.4) is 0 Å². The van der Waals surface area contributed by atoms with Crippen molar-refractivity contribution in [1.82, 2.24) is 14.9 Å². The molecule has 5 rings (SSSR count). The van der Waals surface area contributed by atoms with Gasteiger partial charge >= 0.3 is 0 Å². The highest BCUT2D eigenvalue weighted by molar-refractivity contribution is 6.00. The number of benzene rings is 2. The molecule has 1 aromatic heterocycles. The van der Waals surface area contributed by atoms with Gasteiger partial charge in [-0.1, -0.05) is 12.1 Å². The van der Waals surface area contributed by atoms with Crippen LogP contribution in [0.25, 0.3) is 10.9 Å². The summed E-state index contributed by atoms with van der Waals surface area (Å²) in [6.45, 7) is 5.01. The molecule has 10 heteroatoms. The molecule has 0 spiro atoms. The molecule has 2 aromatic carbocycles. The Morgan fingerprint density at radius 3 is 2.59 bits per heavy atom. The van der Waals surface area contributed by atoms with Crippen LogP contribution in [-0.4, -0.2) is 55.2 Å². The number of ether oxygens (including phenoxy) is 1. The van der Waals surface area contributed by atoms with E-state index in [1.807, 2.05) is 18.9 Å². The fraction of sp³-hybridized carbons (Fsp3) is 0.333. The van der Waals surface area contributed by atoms with Crippen molar-refractivity contribution in [1.29, 1.82) is 0 Å². The summed E-state index contributed by atoms with van der Waals surface area (Å²) in [4.78, 5) is 30.2. The molecule has 1 atom stereocenters. The Kier molecular flexibility index (Phi) is 5.60. The third kappa shape index (κ3) is 3.73. The molecule has 3 heterocycles. The van der Waals surface area contributed by atoms with Gasteiger partial charge in [-0.05, 0) is 32.2 Å². The Labute approximate surface area is 194 Å². The van der Waals surface area contributed by atoms with Crippen molar-refractivity contribution in [3.8, 4) is 5.75 Å². The first-order chi connectivity index (χ1) is 16.3. The van der Waals surface area contributed by atoms with Crippen LogP contribution < -0.4 is 25.9 Å². The minimum absolute atomic E-state index is 0.0602. The van der Waals surface area contributed by atoms with Crippen LogP contribution in [0.15, 0.2) is 41.3 Å². The van der Waals surface area contributed by atoms with E-state index >= 15 is 4.39 Å². The topological polar surface area (TPSA) is 78.8 Å². The van der Waals surface area contributed by atoms with Crippen molar-refractivity contribution in [2.24, 2.45) is 0 Å². The van der Waals surface area contributed by atoms with E-state index in [4.69, 9.17) is 4.74 Å². The summed E-state index contributed by atoms with van der Waals surface area (Å²) >= 11 is 0. The molecule has 3 aromatic rings. The number of rotatable bonds is 4. The molecule has 1 saturated heterocycles. The lowest BCUT2D eigenvalue weighted by atomic mass is 10.0. The summed E-state index contributed by atoms with van der Waals surface area (Å²) in [5.41, 5.74) is 4.93.